The highest BCUT2D eigenvalue weighted by Gasteiger charge is 2.37. The standard InChI is InChI=1S/C26H31ClN6O3S/c1-32(2)26(36)14-4-6-18(29-23(34)21-12-15-10-16(27)5-7-17(15)28-21)20(11-14)30-24(35)25-31-19-8-9-33(3)13-22(19)37-25/h5,7,10,12,14,18,20,28H,4,6,8-9,11,13H2,1-3H3,(H,29,34)(H,30,35)/t14-,18?,20+/m0/s1. The number of benzene rings is 1. The number of likely N-dealkylation sites (N-methyl/N-ethyl adjacent to an activating group) is 1. The molecule has 1 aromatic carbocycles. The van der Waals surface area contributed by atoms with E-state index in [2.05, 4.69) is 32.5 Å². The summed E-state index contributed by atoms with van der Waals surface area (Å²) in [6.07, 6.45) is 2.48. The summed E-state index contributed by atoms with van der Waals surface area (Å²) in [5.41, 5.74) is 2.23. The fraction of sp³-hybridized carbons (Fsp3) is 0.462. The van der Waals surface area contributed by atoms with Gasteiger partial charge in [-0.3, -0.25) is 14.4 Å². The maximum Gasteiger partial charge on any atom is 0.280 e. The van der Waals surface area contributed by atoms with Gasteiger partial charge < -0.3 is 25.4 Å². The molecule has 2 aliphatic rings. The average molecular weight is 543 g/mol. The maximum absolute atomic E-state index is 13.3. The summed E-state index contributed by atoms with van der Waals surface area (Å²) in [4.78, 5) is 51.8. The Morgan fingerprint density at radius 2 is 1.92 bits per heavy atom. The lowest BCUT2D eigenvalue weighted by atomic mass is 9.81. The Morgan fingerprint density at radius 1 is 1.14 bits per heavy atom. The van der Waals surface area contributed by atoms with Gasteiger partial charge in [0.1, 0.15) is 5.69 Å². The molecular formula is C26H31ClN6O3S. The number of carbonyl (C=O) groups excluding carboxylic acids is 3. The van der Waals surface area contributed by atoms with Crippen molar-refractivity contribution >= 4 is 51.6 Å². The van der Waals surface area contributed by atoms with Gasteiger partial charge in [-0.25, -0.2) is 4.98 Å². The summed E-state index contributed by atoms with van der Waals surface area (Å²) in [5.74, 6) is -0.711. The van der Waals surface area contributed by atoms with Crippen LogP contribution in [0.5, 0.6) is 0 Å². The summed E-state index contributed by atoms with van der Waals surface area (Å²) in [5, 5.41) is 8.07. The van der Waals surface area contributed by atoms with E-state index >= 15 is 0 Å². The predicted molar refractivity (Wildman–Crippen MR) is 144 cm³/mol. The van der Waals surface area contributed by atoms with Crippen molar-refractivity contribution in [1.29, 1.82) is 0 Å². The van der Waals surface area contributed by atoms with Gasteiger partial charge in [0.05, 0.1) is 11.7 Å². The molecule has 3 heterocycles. The number of aromatic amines is 1. The van der Waals surface area contributed by atoms with Crippen LogP contribution in [0.1, 0.15) is 50.1 Å². The van der Waals surface area contributed by atoms with E-state index in [-0.39, 0.29) is 29.7 Å². The minimum absolute atomic E-state index is 0.0317. The molecule has 3 atom stereocenters. The molecule has 1 unspecified atom stereocenters. The van der Waals surface area contributed by atoms with Gasteiger partial charge in [0.25, 0.3) is 11.8 Å². The number of halogens is 1. The zero-order chi connectivity index (χ0) is 26.3. The van der Waals surface area contributed by atoms with Crippen molar-refractivity contribution in [3.63, 3.8) is 0 Å². The molecule has 1 fully saturated rings. The number of nitrogens with one attached hydrogen (secondary N) is 3. The second-order valence-electron chi connectivity index (χ2n) is 10.2. The maximum atomic E-state index is 13.3. The van der Waals surface area contributed by atoms with Crippen LogP contribution in [0.4, 0.5) is 0 Å². The molecule has 9 nitrogen and oxygen atoms in total. The van der Waals surface area contributed by atoms with E-state index in [1.807, 2.05) is 6.07 Å². The van der Waals surface area contributed by atoms with Crippen molar-refractivity contribution in [2.24, 2.45) is 5.92 Å². The summed E-state index contributed by atoms with van der Waals surface area (Å²) in [6.45, 7) is 1.71. The topological polar surface area (TPSA) is 110 Å². The van der Waals surface area contributed by atoms with Crippen LogP contribution >= 0.6 is 22.9 Å². The van der Waals surface area contributed by atoms with Gasteiger partial charge in [-0.2, -0.15) is 0 Å². The van der Waals surface area contributed by atoms with E-state index in [4.69, 9.17) is 11.6 Å². The van der Waals surface area contributed by atoms with Crippen molar-refractivity contribution in [2.45, 2.75) is 44.3 Å². The number of amides is 3. The van der Waals surface area contributed by atoms with Crippen LogP contribution in [-0.2, 0) is 17.8 Å². The molecule has 0 saturated heterocycles. The molecule has 196 valence electrons. The minimum atomic E-state index is -0.401. The van der Waals surface area contributed by atoms with Gasteiger partial charge in [0.2, 0.25) is 5.91 Å². The van der Waals surface area contributed by atoms with Gasteiger partial charge in [0, 0.05) is 66.4 Å². The van der Waals surface area contributed by atoms with E-state index in [1.165, 1.54) is 11.3 Å². The van der Waals surface area contributed by atoms with Crippen molar-refractivity contribution in [3.8, 4) is 0 Å². The van der Waals surface area contributed by atoms with Crippen LogP contribution < -0.4 is 10.6 Å². The zero-order valence-electron chi connectivity index (χ0n) is 21.1. The SMILES string of the molecule is CN1CCc2nc(C(=O)N[C@@H]3C[C@@H](C(=O)N(C)C)CCC3NC(=O)c3cc4cc(Cl)ccc4[nH]3)sc2C1. The Morgan fingerprint density at radius 3 is 2.70 bits per heavy atom. The number of nitrogens with zero attached hydrogens (tertiary/aromatic N) is 3. The van der Waals surface area contributed by atoms with Gasteiger partial charge in [-0.15, -0.1) is 11.3 Å². The number of thiazole rings is 1. The van der Waals surface area contributed by atoms with Gasteiger partial charge >= 0.3 is 0 Å². The predicted octanol–water partition coefficient (Wildman–Crippen LogP) is 3.05. The first kappa shape index (κ1) is 25.7. The Hall–Kier alpha value is -2.95. The van der Waals surface area contributed by atoms with Crippen molar-refractivity contribution < 1.29 is 14.4 Å². The Balaban J connectivity index is 1.34. The third kappa shape index (κ3) is 5.51. The molecule has 1 aliphatic carbocycles. The molecule has 3 aromatic rings. The summed E-state index contributed by atoms with van der Waals surface area (Å²) < 4.78 is 0. The molecule has 3 amide bonds. The lowest BCUT2D eigenvalue weighted by molar-refractivity contribution is -0.134. The van der Waals surface area contributed by atoms with Crippen LogP contribution in [0.25, 0.3) is 10.9 Å². The van der Waals surface area contributed by atoms with Crippen molar-refractivity contribution in [2.75, 3.05) is 27.7 Å². The molecule has 11 heteroatoms. The molecule has 2 aromatic heterocycles. The lowest BCUT2D eigenvalue weighted by Gasteiger charge is -2.37. The van der Waals surface area contributed by atoms with Crippen LogP contribution in [0.3, 0.4) is 0 Å². The van der Waals surface area contributed by atoms with Gasteiger partial charge in [0.15, 0.2) is 5.01 Å². The quantitative estimate of drug-likeness (QED) is 0.459. The fourth-order valence-corrected chi connectivity index (χ4v) is 6.49. The number of carbonyl (C=O) groups is 3. The average Bonchev–Trinajstić information content (AvgIpc) is 3.48. The number of H-pyrrole nitrogens is 1. The van der Waals surface area contributed by atoms with E-state index in [9.17, 15) is 14.4 Å². The van der Waals surface area contributed by atoms with E-state index in [0.29, 0.717) is 35.0 Å². The number of hydrogen-bond donors (Lipinski definition) is 3. The largest absolute Gasteiger partial charge is 0.351 e. The summed E-state index contributed by atoms with van der Waals surface area (Å²) >= 11 is 7.51. The van der Waals surface area contributed by atoms with Crippen LogP contribution in [0.2, 0.25) is 5.02 Å². The first-order chi connectivity index (χ1) is 17.7. The highest BCUT2D eigenvalue weighted by molar-refractivity contribution is 7.13. The molecule has 0 bridgehead atoms. The number of fused-ring (bicyclic) bond motifs is 2. The van der Waals surface area contributed by atoms with Crippen molar-refractivity contribution in [1.82, 2.24) is 30.4 Å². The Bertz CT molecular complexity index is 1350. The van der Waals surface area contributed by atoms with E-state index in [0.717, 1.165) is 41.0 Å². The first-order valence-corrected chi connectivity index (χ1v) is 13.7. The van der Waals surface area contributed by atoms with E-state index in [1.54, 1.807) is 37.2 Å². The van der Waals surface area contributed by atoms with Gasteiger partial charge in [-0.1, -0.05) is 11.6 Å². The minimum Gasteiger partial charge on any atom is -0.351 e. The van der Waals surface area contributed by atoms with Crippen molar-refractivity contribution in [3.05, 3.63) is 50.6 Å². The van der Waals surface area contributed by atoms with Crippen LogP contribution in [-0.4, -0.2) is 77.3 Å². The third-order valence-corrected chi connectivity index (χ3v) is 8.53. The molecule has 3 N–H and O–H groups in total. The number of aromatic nitrogens is 2. The Kier molecular flexibility index (Phi) is 7.24. The second-order valence-corrected chi connectivity index (χ2v) is 11.7. The monoisotopic (exact) mass is 542 g/mol. The zero-order valence-corrected chi connectivity index (χ0v) is 22.7. The smallest absolute Gasteiger partial charge is 0.280 e. The van der Waals surface area contributed by atoms with Crippen LogP contribution in [0.15, 0.2) is 24.3 Å². The lowest BCUT2D eigenvalue weighted by Crippen LogP contribution is -2.56. The molecule has 1 aliphatic heterocycles. The molecule has 5 rings (SSSR count). The number of hydrogen-bond acceptors (Lipinski definition) is 6. The number of rotatable bonds is 5. The molecule has 37 heavy (non-hydrogen) atoms. The van der Waals surface area contributed by atoms with Gasteiger partial charge in [-0.05, 0) is 50.6 Å². The van der Waals surface area contributed by atoms with E-state index < -0.39 is 6.04 Å². The molecular weight excluding hydrogens is 512 g/mol. The first-order valence-electron chi connectivity index (χ1n) is 12.5. The highest BCUT2D eigenvalue weighted by atomic mass is 35.5. The van der Waals surface area contributed by atoms with Crippen LogP contribution in [0, 0.1) is 5.92 Å². The summed E-state index contributed by atoms with van der Waals surface area (Å²) in [7, 11) is 5.54. The Labute approximate surface area is 224 Å². The second kappa shape index (κ2) is 10.4. The molecule has 0 radical (unpaired) electrons. The molecule has 0 spiro atoms. The third-order valence-electron chi connectivity index (χ3n) is 7.22. The summed E-state index contributed by atoms with van der Waals surface area (Å²) in [6, 6.07) is 6.45. The fourth-order valence-electron chi connectivity index (χ4n) is 5.21. The normalized spacial score (nSPS) is 21.9. The molecule has 1 saturated carbocycles. The highest BCUT2D eigenvalue weighted by Crippen LogP contribution is 2.29.